The van der Waals surface area contributed by atoms with Gasteiger partial charge in [0.2, 0.25) is 0 Å². The van der Waals surface area contributed by atoms with Crippen LogP contribution in [0.15, 0.2) is 36.7 Å². The van der Waals surface area contributed by atoms with Crippen molar-refractivity contribution in [2.75, 3.05) is 12.4 Å². The van der Waals surface area contributed by atoms with Crippen molar-refractivity contribution in [2.24, 2.45) is 0 Å². The molecule has 0 amide bonds. The van der Waals surface area contributed by atoms with Crippen molar-refractivity contribution in [1.82, 2.24) is 19.5 Å². The number of nitrogens with one attached hydrogen (secondary N) is 1. The van der Waals surface area contributed by atoms with Crippen molar-refractivity contribution < 1.29 is 0 Å². The Morgan fingerprint density at radius 1 is 1.08 bits per heavy atom. The first kappa shape index (κ1) is 15.1. The molecule has 24 heavy (non-hydrogen) atoms. The second-order valence-electron chi connectivity index (χ2n) is 6.55. The fraction of sp³-hybridized carbons (Fsp3) is 0.421. The van der Waals surface area contributed by atoms with Crippen molar-refractivity contribution in [3.05, 3.63) is 48.0 Å². The van der Waals surface area contributed by atoms with Crippen LogP contribution in [0.2, 0.25) is 0 Å². The molecule has 2 heterocycles. The summed E-state index contributed by atoms with van der Waals surface area (Å²) in [5.41, 5.74) is 3.03. The molecule has 1 aliphatic rings. The lowest BCUT2D eigenvalue weighted by Crippen LogP contribution is -2.11. The Bertz CT molecular complexity index is 818. The van der Waals surface area contributed by atoms with Crippen molar-refractivity contribution in [3.63, 3.8) is 0 Å². The average Bonchev–Trinajstić information content (AvgIpc) is 3.05. The van der Waals surface area contributed by atoms with E-state index in [1.807, 2.05) is 19.4 Å². The molecule has 0 aliphatic heterocycles. The van der Waals surface area contributed by atoms with Gasteiger partial charge in [0, 0.05) is 13.0 Å². The first-order valence-corrected chi connectivity index (χ1v) is 8.79. The summed E-state index contributed by atoms with van der Waals surface area (Å²) in [6, 6.07) is 10.4. The molecular weight excluding hydrogens is 298 g/mol. The highest BCUT2D eigenvalue weighted by molar-refractivity contribution is 5.83. The predicted molar refractivity (Wildman–Crippen MR) is 96.2 cm³/mol. The van der Waals surface area contributed by atoms with Crippen LogP contribution in [0.4, 0.5) is 5.82 Å². The zero-order valence-corrected chi connectivity index (χ0v) is 14.1. The minimum absolute atomic E-state index is 0.482. The number of hydrogen-bond acceptors (Lipinski definition) is 4. The van der Waals surface area contributed by atoms with E-state index in [1.54, 1.807) is 0 Å². The van der Waals surface area contributed by atoms with Crippen LogP contribution in [0.25, 0.3) is 11.2 Å². The van der Waals surface area contributed by atoms with E-state index in [0.717, 1.165) is 29.4 Å². The average molecular weight is 321 g/mol. The number of hydrogen-bond donors (Lipinski definition) is 1. The predicted octanol–water partition coefficient (Wildman–Crippen LogP) is 3.96. The van der Waals surface area contributed by atoms with Crippen molar-refractivity contribution in [1.29, 1.82) is 0 Å². The molecule has 5 heteroatoms. The molecule has 2 aromatic heterocycles. The molecule has 0 spiro atoms. The molecule has 0 atom stereocenters. The Morgan fingerprint density at radius 2 is 1.88 bits per heavy atom. The maximum absolute atomic E-state index is 4.91. The fourth-order valence-corrected chi connectivity index (χ4v) is 3.57. The maximum atomic E-state index is 4.91. The number of rotatable bonds is 4. The van der Waals surface area contributed by atoms with Crippen molar-refractivity contribution in [2.45, 2.75) is 44.6 Å². The Morgan fingerprint density at radius 3 is 2.62 bits per heavy atom. The van der Waals surface area contributed by atoms with E-state index in [4.69, 9.17) is 9.97 Å². The van der Waals surface area contributed by atoms with Crippen LogP contribution >= 0.6 is 0 Å². The van der Waals surface area contributed by atoms with Crippen LogP contribution in [0.3, 0.4) is 0 Å². The smallest absolute Gasteiger partial charge is 0.166 e. The van der Waals surface area contributed by atoms with Crippen LogP contribution in [-0.4, -0.2) is 26.6 Å². The first-order chi connectivity index (χ1) is 11.8. The summed E-state index contributed by atoms with van der Waals surface area (Å²) in [5.74, 6) is 2.30. The first-order valence-electron chi connectivity index (χ1n) is 8.79. The quantitative estimate of drug-likeness (QED) is 0.790. The maximum Gasteiger partial charge on any atom is 0.166 e. The highest BCUT2D eigenvalue weighted by Gasteiger charge is 2.21. The number of nitrogens with zero attached hydrogens (tertiary/aromatic N) is 4. The van der Waals surface area contributed by atoms with Crippen LogP contribution in [-0.2, 0) is 6.54 Å². The topological polar surface area (TPSA) is 55.6 Å². The molecule has 1 fully saturated rings. The SMILES string of the molecule is CNc1nc(C2CCCCC2)nc2c1ncn2Cc1ccccc1. The zero-order valence-electron chi connectivity index (χ0n) is 14.1. The molecule has 1 aromatic carbocycles. The van der Waals surface area contributed by atoms with Gasteiger partial charge < -0.3 is 9.88 Å². The molecule has 1 N–H and O–H groups in total. The van der Waals surface area contributed by atoms with Gasteiger partial charge in [-0.1, -0.05) is 49.6 Å². The second kappa shape index (κ2) is 6.59. The summed E-state index contributed by atoms with van der Waals surface area (Å²) < 4.78 is 2.12. The van der Waals surface area contributed by atoms with E-state index in [0.29, 0.717) is 5.92 Å². The fourth-order valence-electron chi connectivity index (χ4n) is 3.57. The van der Waals surface area contributed by atoms with Gasteiger partial charge in [-0.25, -0.2) is 15.0 Å². The number of benzene rings is 1. The van der Waals surface area contributed by atoms with Crippen molar-refractivity contribution in [3.8, 4) is 0 Å². The van der Waals surface area contributed by atoms with Gasteiger partial charge >= 0.3 is 0 Å². The lowest BCUT2D eigenvalue weighted by atomic mass is 9.89. The lowest BCUT2D eigenvalue weighted by molar-refractivity contribution is 0.429. The van der Waals surface area contributed by atoms with Crippen LogP contribution in [0, 0.1) is 0 Å². The van der Waals surface area contributed by atoms with Gasteiger partial charge in [-0.3, -0.25) is 0 Å². The minimum atomic E-state index is 0.482. The van der Waals surface area contributed by atoms with E-state index in [9.17, 15) is 0 Å². The summed E-state index contributed by atoms with van der Waals surface area (Å²) in [6.07, 6.45) is 8.17. The lowest BCUT2D eigenvalue weighted by Gasteiger charge is -2.20. The number of aromatic nitrogens is 4. The molecule has 4 rings (SSSR count). The summed E-state index contributed by atoms with van der Waals surface area (Å²) in [5, 5.41) is 3.20. The van der Waals surface area contributed by atoms with E-state index in [2.05, 4.69) is 39.1 Å². The summed E-state index contributed by atoms with van der Waals surface area (Å²) in [4.78, 5) is 14.2. The van der Waals surface area contributed by atoms with Gasteiger partial charge in [0.15, 0.2) is 11.5 Å². The minimum Gasteiger partial charge on any atom is -0.371 e. The highest BCUT2D eigenvalue weighted by Crippen LogP contribution is 2.32. The molecule has 0 bridgehead atoms. The molecule has 5 nitrogen and oxygen atoms in total. The van der Waals surface area contributed by atoms with Gasteiger partial charge in [-0.15, -0.1) is 0 Å². The molecule has 3 aromatic rings. The molecule has 1 saturated carbocycles. The standard InChI is InChI=1S/C19H23N5/c1-20-18-16-19(23-17(22-18)15-10-6-3-7-11-15)24(13-21-16)12-14-8-4-2-5-9-14/h2,4-5,8-9,13,15H,3,6-7,10-12H2,1H3,(H,20,22,23). The van der Waals surface area contributed by atoms with Crippen molar-refractivity contribution >= 4 is 17.0 Å². The Hall–Kier alpha value is -2.43. The highest BCUT2D eigenvalue weighted by atomic mass is 15.2. The van der Waals surface area contributed by atoms with Gasteiger partial charge in [0.05, 0.1) is 12.9 Å². The third kappa shape index (κ3) is 2.86. The Labute approximate surface area is 142 Å². The third-order valence-electron chi connectivity index (χ3n) is 4.88. The molecular formula is C19H23N5. The molecule has 0 radical (unpaired) electrons. The Balaban J connectivity index is 1.75. The third-order valence-corrected chi connectivity index (χ3v) is 4.88. The molecule has 0 saturated heterocycles. The van der Waals surface area contributed by atoms with E-state index >= 15 is 0 Å². The van der Waals surface area contributed by atoms with E-state index in [1.165, 1.54) is 37.7 Å². The molecule has 124 valence electrons. The summed E-state index contributed by atoms with van der Waals surface area (Å²) in [6.45, 7) is 0.779. The van der Waals surface area contributed by atoms with E-state index < -0.39 is 0 Å². The van der Waals surface area contributed by atoms with E-state index in [-0.39, 0.29) is 0 Å². The molecule has 0 unspecified atom stereocenters. The van der Waals surface area contributed by atoms with Crippen LogP contribution in [0.1, 0.15) is 49.4 Å². The zero-order chi connectivity index (χ0) is 16.4. The second-order valence-corrected chi connectivity index (χ2v) is 6.55. The Kier molecular flexibility index (Phi) is 4.15. The summed E-state index contributed by atoms with van der Waals surface area (Å²) >= 11 is 0. The van der Waals surface area contributed by atoms with Crippen LogP contribution < -0.4 is 5.32 Å². The molecule has 1 aliphatic carbocycles. The largest absolute Gasteiger partial charge is 0.371 e. The number of anilines is 1. The number of fused-ring (bicyclic) bond motifs is 1. The monoisotopic (exact) mass is 321 g/mol. The van der Waals surface area contributed by atoms with Gasteiger partial charge in [0.1, 0.15) is 11.3 Å². The van der Waals surface area contributed by atoms with Gasteiger partial charge in [0.25, 0.3) is 0 Å². The number of imidazole rings is 1. The van der Waals surface area contributed by atoms with Gasteiger partial charge in [-0.05, 0) is 18.4 Å². The van der Waals surface area contributed by atoms with Gasteiger partial charge in [-0.2, -0.15) is 0 Å². The summed E-state index contributed by atoms with van der Waals surface area (Å²) in [7, 11) is 1.91. The van der Waals surface area contributed by atoms with Crippen LogP contribution in [0.5, 0.6) is 0 Å². The normalized spacial score (nSPS) is 15.7.